The first-order chi connectivity index (χ1) is 9.99. The molecule has 1 N–H and O–H groups in total. The lowest BCUT2D eigenvalue weighted by molar-refractivity contribution is 0.0696. The van der Waals surface area contributed by atoms with Gasteiger partial charge >= 0.3 is 5.97 Å². The number of fused-ring (bicyclic) bond motifs is 1. The maximum absolute atomic E-state index is 12.4. The van der Waals surface area contributed by atoms with Gasteiger partial charge in [0, 0.05) is 4.47 Å². The minimum absolute atomic E-state index is 0.0222. The fraction of sp³-hybridized carbons (Fsp3) is 0. The van der Waals surface area contributed by atoms with Gasteiger partial charge in [0.2, 0.25) is 0 Å². The lowest BCUT2D eigenvalue weighted by Crippen LogP contribution is -2.29. The van der Waals surface area contributed by atoms with Gasteiger partial charge in [0.05, 0.1) is 22.4 Å². The van der Waals surface area contributed by atoms with E-state index in [1.54, 1.807) is 24.3 Å². The average molecular weight is 346 g/mol. The van der Waals surface area contributed by atoms with Crippen LogP contribution in [0.3, 0.4) is 0 Å². The third-order valence-electron chi connectivity index (χ3n) is 3.20. The second kappa shape index (κ2) is 4.82. The van der Waals surface area contributed by atoms with Crippen molar-refractivity contribution < 1.29 is 19.5 Å². The summed E-state index contributed by atoms with van der Waals surface area (Å²) in [6, 6.07) is 10.7. The number of anilines is 1. The maximum atomic E-state index is 12.4. The van der Waals surface area contributed by atoms with E-state index in [-0.39, 0.29) is 16.7 Å². The fourth-order valence-electron chi connectivity index (χ4n) is 2.22. The average Bonchev–Trinajstić information content (AvgIpc) is 2.70. The molecule has 0 saturated heterocycles. The Morgan fingerprint density at radius 3 is 2.38 bits per heavy atom. The summed E-state index contributed by atoms with van der Waals surface area (Å²) in [5.41, 5.74) is 0.739. The van der Waals surface area contributed by atoms with Crippen LogP contribution in [0.1, 0.15) is 31.1 Å². The molecule has 0 saturated carbocycles. The van der Waals surface area contributed by atoms with Crippen molar-refractivity contribution in [2.45, 2.75) is 0 Å². The molecular weight excluding hydrogens is 338 g/mol. The lowest BCUT2D eigenvalue weighted by Gasteiger charge is -2.13. The van der Waals surface area contributed by atoms with Gasteiger partial charge in [-0.05, 0) is 36.4 Å². The molecule has 0 aliphatic carbocycles. The molecule has 1 aliphatic heterocycles. The van der Waals surface area contributed by atoms with Crippen molar-refractivity contribution in [2.75, 3.05) is 4.90 Å². The van der Waals surface area contributed by atoms with E-state index in [1.165, 1.54) is 18.2 Å². The maximum Gasteiger partial charge on any atom is 0.335 e. The van der Waals surface area contributed by atoms with Crippen molar-refractivity contribution in [2.24, 2.45) is 0 Å². The first-order valence-corrected chi connectivity index (χ1v) is 6.80. The molecule has 0 spiro atoms. The molecule has 104 valence electrons. The SMILES string of the molecule is O=C(O)c1ccc2c(c1)C(=O)N(c1cccc(Br)c1)C2=O. The van der Waals surface area contributed by atoms with Crippen molar-refractivity contribution in [1.29, 1.82) is 0 Å². The number of imide groups is 1. The standard InChI is InChI=1S/C15H8BrNO4/c16-9-2-1-3-10(7-9)17-13(18)11-5-4-8(15(20)21)6-12(11)14(17)19/h1-7H,(H,20,21). The van der Waals surface area contributed by atoms with Crippen LogP contribution in [0.15, 0.2) is 46.9 Å². The Bertz CT molecular complexity index is 800. The molecule has 0 bridgehead atoms. The first-order valence-electron chi connectivity index (χ1n) is 6.01. The minimum Gasteiger partial charge on any atom is -0.478 e. The normalized spacial score (nSPS) is 13.5. The zero-order valence-electron chi connectivity index (χ0n) is 10.5. The highest BCUT2D eigenvalue weighted by Gasteiger charge is 2.37. The van der Waals surface area contributed by atoms with Crippen LogP contribution in [0.4, 0.5) is 5.69 Å². The zero-order chi connectivity index (χ0) is 15.1. The summed E-state index contributed by atoms with van der Waals surface area (Å²) >= 11 is 3.29. The van der Waals surface area contributed by atoms with E-state index in [2.05, 4.69) is 15.9 Å². The number of carboxylic acid groups (broad SMARTS) is 1. The Labute approximate surface area is 127 Å². The number of rotatable bonds is 2. The molecule has 0 unspecified atom stereocenters. The molecule has 2 amide bonds. The number of amides is 2. The van der Waals surface area contributed by atoms with Gasteiger partial charge in [-0.15, -0.1) is 0 Å². The highest BCUT2D eigenvalue weighted by Crippen LogP contribution is 2.30. The summed E-state index contributed by atoms with van der Waals surface area (Å²) in [4.78, 5) is 36.7. The highest BCUT2D eigenvalue weighted by molar-refractivity contribution is 9.10. The van der Waals surface area contributed by atoms with Gasteiger partial charge < -0.3 is 5.11 Å². The number of aromatic carboxylic acids is 1. The molecule has 0 radical (unpaired) electrons. The molecule has 0 aromatic heterocycles. The number of carbonyl (C=O) groups is 3. The molecular formula is C15H8BrNO4. The third kappa shape index (κ3) is 2.13. The Balaban J connectivity index is 2.10. The second-order valence-corrected chi connectivity index (χ2v) is 5.41. The summed E-state index contributed by atoms with van der Waals surface area (Å²) < 4.78 is 0.739. The van der Waals surface area contributed by atoms with Gasteiger partial charge in [-0.2, -0.15) is 0 Å². The third-order valence-corrected chi connectivity index (χ3v) is 3.69. The molecule has 1 heterocycles. The summed E-state index contributed by atoms with van der Waals surface area (Å²) in [6.45, 7) is 0. The summed E-state index contributed by atoms with van der Waals surface area (Å²) in [6.07, 6.45) is 0. The molecule has 5 nitrogen and oxygen atoms in total. The van der Waals surface area contributed by atoms with Gasteiger partial charge in [-0.1, -0.05) is 22.0 Å². The van der Waals surface area contributed by atoms with E-state index in [9.17, 15) is 14.4 Å². The Kier molecular flexibility index (Phi) is 3.10. The van der Waals surface area contributed by atoms with Crippen LogP contribution in [0.25, 0.3) is 0 Å². The van der Waals surface area contributed by atoms with Crippen molar-refractivity contribution in [3.8, 4) is 0 Å². The van der Waals surface area contributed by atoms with Crippen LogP contribution < -0.4 is 4.90 Å². The smallest absolute Gasteiger partial charge is 0.335 e. The van der Waals surface area contributed by atoms with E-state index >= 15 is 0 Å². The van der Waals surface area contributed by atoms with Crippen LogP contribution in [-0.2, 0) is 0 Å². The summed E-state index contributed by atoms with van der Waals surface area (Å²) in [5.74, 6) is -2.11. The Morgan fingerprint density at radius 2 is 1.71 bits per heavy atom. The quantitative estimate of drug-likeness (QED) is 0.849. The number of hydrogen-bond donors (Lipinski definition) is 1. The lowest BCUT2D eigenvalue weighted by atomic mass is 10.1. The van der Waals surface area contributed by atoms with Crippen molar-refractivity contribution >= 4 is 39.4 Å². The summed E-state index contributed by atoms with van der Waals surface area (Å²) in [5, 5.41) is 8.97. The molecule has 0 atom stereocenters. The van der Waals surface area contributed by atoms with Crippen LogP contribution in [0.5, 0.6) is 0 Å². The molecule has 2 aromatic rings. The number of carboxylic acids is 1. The largest absolute Gasteiger partial charge is 0.478 e. The number of nitrogens with zero attached hydrogens (tertiary/aromatic N) is 1. The van der Waals surface area contributed by atoms with Crippen molar-refractivity contribution in [3.63, 3.8) is 0 Å². The van der Waals surface area contributed by atoms with Gasteiger partial charge in [-0.25, -0.2) is 9.69 Å². The van der Waals surface area contributed by atoms with Crippen LogP contribution in [0, 0.1) is 0 Å². The highest BCUT2D eigenvalue weighted by atomic mass is 79.9. The Morgan fingerprint density at radius 1 is 1.00 bits per heavy atom. The van der Waals surface area contributed by atoms with Crippen LogP contribution >= 0.6 is 15.9 Å². The van der Waals surface area contributed by atoms with Gasteiger partial charge in [0.25, 0.3) is 11.8 Å². The number of hydrogen-bond acceptors (Lipinski definition) is 3. The summed E-state index contributed by atoms with van der Waals surface area (Å²) in [7, 11) is 0. The molecule has 1 aliphatic rings. The van der Waals surface area contributed by atoms with Crippen LogP contribution in [0.2, 0.25) is 0 Å². The second-order valence-electron chi connectivity index (χ2n) is 4.49. The Hall–Kier alpha value is -2.47. The monoisotopic (exact) mass is 345 g/mol. The number of halogens is 1. The zero-order valence-corrected chi connectivity index (χ0v) is 12.1. The molecule has 6 heteroatoms. The fourth-order valence-corrected chi connectivity index (χ4v) is 2.61. The predicted octanol–water partition coefficient (Wildman–Crippen LogP) is 2.95. The predicted molar refractivity (Wildman–Crippen MR) is 78.7 cm³/mol. The van der Waals surface area contributed by atoms with Crippen LogP contribution in [-0.4, -0.2) is 22.9 Å². The van der Waals surface area contributed by atoms with E-state index in [0.29, 0.717) is 5.69 Å². The van der Waals surface area contributed by atoms with Crippen molar-refractivity contribution in [3.05, 3.63) is 63.6 Å². The van der Waals surface area contributed by atoms with E-state index < -0.39 is 17.8 Å². The number of carbonyl (C=O) groups excluding carboxylic acids is 2. The minimum atomic E-state index is -1.14. The van der Waals surface area contributed by atoms with Gasteiger partial charge in [-0.3, -0.25) is 9.59 Å². The number of benzene rings is 2. The van der Waals surface area contributed by atoms with Crippen molar-refractivity contribution in [1.82, 2.24) is 0 Å². The van der Waals surface area contributed by atoms with E-state index in [1.807, 2.05) is 0 Å². The molecule has 0 fully saturated rings. The molecule has 21 heavy (non-hydrogen) atoms. The molecule has 2 aromatic carbocycles. The molecule has 3 rings (SSSR count). The van der Waals surface area contributed by atoms with Gasteiger partial charge in [0.15, 0.2) is 0 Å². The van der Waals surface area contributed by atoms with Gasteiger partial charge in [0.1, 0.15) is 0 Å². The van der Waals surface area contributed by atoms with E-state index in [4.69, 9.17) is 5.11 Å². The topological polar surface area (TPSA) is 74.7 Å². The first kappa shape index (κ1) is 13.5. The van der Waals surface area contributed by atoms with E-state index in [0.717, 1.165) is 9.37 Å².